The first kappa shape index (κ1) is 11.5. The predicted octanol–water partition coefficient (Wildman–Crippen LogP) is 0.557. The summed E-state index contributed by atoms with van der Waals surface area (Å²) in [6, 6.07) is 0. The molecule has 2 N–H and O–H groups in total. The minimum absolute atomic E-state index is 0.111. The van der Waals surface area contributed by atoms with Crippen LogP contribution in [0.2, 0.25) is 0 Å². The number of ether oxygens (including phenoxy) is 1. The van der Waals surface area contributed by atoms with E-state index in [1.165, 1.54) is 12.8 Å². The fourth-order valence-corrected chi connectivity index (χ4v) is 1.42. The molecule has 4 nitrogen and oxygen atoms in total. The average Bonchev–Trinajstić information content (AvgIpc) is 2.25. The first-order valence-corrected chi connectivity index (χ1v) is 5.39. The maximum atomic E-state index is 8.47. The minimum Gasteiger partial charge on any atom is -0.394 e. The molecule has 1 aliphatic heterocycles. The maximum absolute atomic E-state index is 8.47. The molecule has 0 atom stereocenters. The fraction of sp³-hybridized carbons (Fsp3) is 0.900. The molecule has 0 amide bonds. The van der Waals surface area contributed by atoms with E-state index in [1.54, 1.807) is 0 Å². The molecule has 82 valence electrons. The van der Waals surface area contributed by atoms with Crippen LogP contribution in [-0.2, 0) is 4.74 Å². The third kappa shape index (κ3) is 5.19. The van der Waals surface area contributed by atoms with Crippen LogP contribution in [0.3, 0.4) is 0 Å². The van der Waals surface area contributed by atoms with Crippen molar-refractivity contribution in [3.63, 3.8) is 0 Å². The van der Waals surface area contributed by atoms with Crippen molar-refractivity contribution in [2.24, 2.45) is 4.99 Å². The fourth-order valence-electron chi connectivity index (χ4n) is 1.42. The smallest absolute Gasteiger partial charge is 0.0963 e. The van der Waals surface area contributed by atoms with Gasteiger partial charge in [0.2, 0.25) is 0 Å². The summed E-state index contributed by atoms with van der Waals surface area (Å²) in [5.74, 6) is 1.15. The van der Waals surface area contributed by atoms with E-state index in [-0.39, 0.29) is 6.61 Å². The van der Waals surface area contributed by atoms with Gasteiger partial charge in [0, 0.05) is 26.1 Å². The molecule has 1 heterocycles. The van der Waals surface area contributed by atoms with Gasteiger partial charge in [0.1, 0.15) is 0 Å². The van der Waals surface area contributed by atoms with E-state index in [0.717, 1.165) is 31.8 Å². The van der Waals surface area contributed by atoms with E-state index in [0.29, 0.717) is 13.2 Å². The zero-order valence-corrected chi connectivity index (χ0v) is 8.67. The van der Waals surface area contributed by atoms with Crippen LogP contribution >= 0.6 is 0 Å². The average molecular weight is 200 g/mol. The summed E-state index contributed by atoms with van der Waals surface area (Å²) in [7, 11) is 0. The van der Waals surface area contributed by atoms with Crippen molar-refractivity contribution in [3.8, 4) is 0 Å². The SMILES string of the molecule is OCCOCCCNC1=NCCCC1. The molecule has 4 heteroatoms. The molecule has 0 unspecified atom stereocenters. The van der Waals surface area contributed by atoms with Crippen LogP contribution in [0.4, 0.5) is 0 Å². The van der Waals surface area contributed by atoms with Crippen molar-refractivity contribution >= 4 is 5.84 Å². The molecule has 0 fully saturated rings. The van der Waals surface area contributed by atoms with Gasteiger partial charge < -0.3 is 15.2 Å². The van der Waals surface area contributed by atoms with Crippen molar-refractivity contribution in [2.75, 3.05) is 32.9 Å². The van der Waals surface area contributed by atoms with E-state index in [4.69, 9.17) is 9.84 Å². The molecule has 1 rings (SSSR count). The molecule has 0 radical (unpaired) electrons. The van der Waals surface area contributed by atoms with Crippen molar-refractivity contribution in [3.05, 3.63) is 0 Å². The van der Waals surface area contributed by atoms with Crippen LogP contribution in [0.25, 0.3) is 0 Å². The standard InChI is InChI=1S/C10H20N2O2/c13-7-9-14-8-3-6-12-10-4-1-2-5-11-10/h13H,1-9H2,(H,11,12). The maximum Gasteiger partial charge on any atom is 0.0963 e. The summed E-state index contributed by atoms with van der Waals surface area (Å²) in [6.07, 6.45) is 4.55. The van der Waals surface area contributed by atoms with Gasteiger partial charge in [0.05, 0.1) is 19.0 Å². The quantitative estimate of drug-likeness (QED) is 0.616. The summed E-state index contributed by atoms with van der Waals surface area (Å²) in [5.41, 5.74) is 0. The molecule has 1 aliphatic rings. The second-order valence-corrected chi connectivity index (χ2v) is 3.40. The zero-order chi connectivity index (χ0) is 10.1. The highest BCUT2D eigenvalue weighted by atomic mass is 16.5. The summed E-state index contributed by atoms with van der Waals surface area (Å²) < 4.78 is 5.14. The molecule has 0 aromatic heterocycles. The third-order valence-corrected chi connectivity index (χ3v) is 2.15. The van der Waals surface area contributed by atoms with E-state index >= 15 is 0 Å². The molecule has 0 saturated heterocycles. The van der Waals surface area contributed by atoms with Crippen LogP contribution in [0.1, 0.15) is 25.7 Å². The van der Waals surface area contributed by atoms with Crippen LogP contribution in [0.5, 0.6) is 0 Å². The summed E-state index contributed by atoms with van der Waals surface area (Å²) in [4.78, 5) is 4.39. The highest BCUT2D eigenvalue weighted by molar-refractivity contribution is 5.82. The lowest BCUT2D eigenvalue weighted by molar-refractivity contribution is 0.0912. The lowest BCUT2D eigenvalue weighted by Crippen LogP contribution is -2.27. The van der Waals surface area contributed by atoms with Crippen LogP contribution in [0, 0.1) is 0 Å². The number of aliphatic hydroxyl groups excluding tert-OH is 1. The Bertz CT molecular complexity index is 172. The Kier molecular flexibility index (Phi) is 6.36. The van der Waals surface area contributed by atoms with E-state index in [1.807, 2.05) is 0 Å². The first-order chi connectivity index (χ1) is 6.93. The van der Waals surface area contributed by atoms with Gasteiger partial charge in [0.25, 0.3) is 0 Å². The molecule has 0 aromatic rings. The summed E-state index contributed by atoms with van der Waals surface area (Å²) in [6.45, 7) is 3.16. The topological polar surface area (TPSA) is 53.9 Å². The number of hydrogen-bond acceptors (Lipinski definition) is 4. The number of aliphatic hydroxyl groups is 1. The molecule has 0 saturated carbocycles. The monoisotopic (exact) mass is 200 g/mol. The highest BCUT2D eigenvalue weighted by Gasteiger charge is 2.02. The molecule has 0 aromatic carbocycles. The van der Waals surface area contributed by atoms with Gasteiger partial charge in [-0.3, -0.25) is 4.99 Å². The lowest BCUT2D eigenvalue weighted by atomic mass is 10.2. The molecule has 0 spiro atoms. The van der Waals surface area contributed by atoms with Crippen molar-refractivity contribution < 1.29 is 9.84 Å². The molecule has 14 heavy (non-hydrogen) atoms. The van der Waals surface area contributed by atoms with Crippen LogP contribution in [-0.4, -0.2) is 43.9 Å². The van der Waals surface area contributed by atoms with Gasteiger partial charge in [-0.25, -0.2) is 0 Å². The number of hydrogen-bond donors (Lipinski definition) is 2. The Labute approximate surface area is 85.4 Å². The Balaban J connectivity index is 1.90. The highest BCUT2D eigenvalue weighted by Crippen LogP contribution is 2.03. The van der Waals surface area contributed by atoms with E-state index in [9.17, 15) is 0 Å². The van der Waals surface area contributed by atoms with Gasteiger partial charge in [0.15, 0.2) is 0 Å². The molecular formula is C10H20N2O2. The normalized spacial score (nSPS) is 16.5. The van der Waals surface area contributed by atoms with Crippen molar-refractivity contribution in [2.45, 2.75) is 25.7 Å². The van der Waals surface area contributed by atoms with E-state index < -0.39 is 0 Å². The number of aliphatic imine (C=N–C) groups is 1. The Hall–Kier alpha value is -0.610. The van der Waals surface area contributed by atoms with E-state index in [2.05, 4.69) is 10.3 Å². The van der Waals surface area contributed by atoms with Gasteiger partial charge >= 0.3 is 0 Å². The molecular weight excluding hydrogens is 180 g/mol. The Morgan fingerprint density at radius 2 is 2.29 bits per heavy atom. The Morgan fingerprint density at radius 3 is 3.00 bits per heavy atom. The second-order valence-electron chi connectivity index (χ2n) is 3.40. The van der Waals surface area contributed by atoms with Crippen molar-refractivity contribution in [1.82, 2.24) is 5.32 Å². The number of amidine groups is 1. The van der Waals surface area contributed by atoms with Crippen LogP contribution in [0.15, 0.2) is 4.99 Å². The number of nitrogens with one attached hydrogen (secondary N) is 1. The zero-order valence-electron chi connectivity index (χ0n) is 8.67. The lowest BCUT2D eigenvalue weighted by Gasteiger charge is -2.13. The van der Waals surface area contributed by atoms with Gasteiger partial charge in [-0.1, -0.05) is 0 Å². The largest absolute Gasteiger partial charge is 0.394 e. The Morgan fingerprint density at radius 1 is 1.36 bits per heavy atom. The van der Waals surface area contributed by atoms with Crippen molar-refractivity contribution in [1.29, 1.82) is 0 Å². The minimum atomic E-state index is 0.111. The summed E-state index contributed by atoms with van der Waals surface area (Å²) >= 11 is 0. The third-order valence-electron chi connectivity index (χ3n) is 2.15. The molecule has 0 bridgehead atoms. The molecule has 0 aliphatic carbocycles. The van der Waals surface area contributed by atoms with Crippen LogP contribution < -0.4 is 5.32 Å². The second kappa shape index (κ2) is 7.76. The number of nitrogens with zero attached hydrogens (tertiary/aromatic N) is 1. The van der Waals surface area contributed by atoms with Gasteiger partial charge in [-0.05, 0) is 19.3 Å². The number of rotatable bonds is 6. The van der Waals surface area contributed by atoms with Gasteiger partial charge in [-0.2, -0.15) is 0 Å². The summed E-state index contributed by atoms with van der Waals surface area (Å²) in [5, 5.41) is 11.8. The predicted molar refractivity (Wildman–Crippen MR) is 56.7 cm³/mol. The first-order valence-electron chi connectivity index (χ1n) is 5.39. The van der Waals surface area contributed by atoms with Gasteiger partial charge in [-0.15, -0.1) is 0 Å².